The number of aromatic nitrogens is 2. The highest BCUT2D eigenvalue weighted by molar-refractivity contribution is 5.94. The van der Waals surface area contributed by atoms with Crippen molar-refractivity contribution >= 4 is 5.91 Å². The molecule has 6 heteroatoms. The van der Waals surface area contributed by atoms with E-state index in [1.807, 2.05) is 16.6 Å². The van der Waals surface area contributed by atoms with E-state index in [2.05, 4.69) is 45.6 Å². The van der Waals surface area contributed by atoms with E-state index in [1.54, 1.807) is 0 Å². The van der Waals surface area contributed by atoms with E-state index >= 15 is 0 Å². The zero-order valence-corrected chi connectivity index (χ0v) is 19.4. The molecule has 3 aliphatic rings. The molecule has 172 valence electrons. The van der Waals surface area contributed by atoms with Crippen molar-refractivity contribution < 1.29 is 4.79 Å². The van der Waals surface area contributed by atoms with Crippen LogP contribution in [0.25, 0.3) is 0 Å². The van der Waals surface area contributed by atoms with Gasteiger partial charge in [0.2, 0.25) is 0 Å². The summed E-state index contributed by atoms with van der Waals surface area (Å²) in [5.41, 5.74) is 4.59. The molecule has 5 rings (SSSR count). The molecule has 1 aromatic carbocycles. The number of carbonyl (C=O) groups is 1. The van der Waals surface area contributed by atoms with Crippen LogP contribution in [0.3, 0.4) is 0 Å². The molecule has 0 saturated carbocycles. The van der Waals surface area contributed by atoms with Gasteiger partial charge in [0.15, 0.2) is 5.69 Å². The third kappa shape index (κ3) is 4.76. The molecule has 2 aromatic rings. The molecule has 6 nitrogen and oxygen atoms in total. The highest BCUT2D eigenvalue weighted by Gasteiger charge is 2.32. The van der Waals surface area contributed by atoms with Crippen molar-refractivity contribution in [2.24, 2.45) is 7.05 Å². The van der Waals surface area contributed by atoms with Crippen molar-refractivity contribution in [3.8, 4) is 0 Å². The standard InChI is InChI=1S/C26H37N5O/c1-29-24-11-10-22(18-23(24)25(28-29)26(32)31-14-6-3-7-15-31)27-21-12-16-30(17-13-21)19-20-8-4-2-5-9-20/h2,4-5,8-9,21-22,27H,3,6-7,10-19H2,1H3/t22-/m1/s1. The van der Waals surface area contributed by atoms with Crippen LogP contribution in [-0.2, 0) is 26.4 Å². The van der Waals surface area contributed by atoms with Crippen LogP contribution in [0.2, 0.25) is 0 Å². The SMILES string of the molecule is Cn1nc(C(=O)N2CCCCC2)c2c1CC[C@@H](NC1CCN(Cc3ccccc3)CC1)C2. The lowest BCUT2D eigenvalue weighted by atomic mass is 9.89. The molecule has 0 radical (unpaired) electrons. The fourth-order valence-corrected chi connectivity index (χ4v) is 5.78. The summed E-state index contributed by atoms with van der Waals surface area (Å²) in [6.45, 7) is 5.12. The number of fused-ring (bicyclic) bond motifs is 1. The fourth-order valence-electron chi connectivity index (χ4n) is 5.78. The van der Waals surface area contributed by atoms with E-state index in [0.29, 0.717) is 17.8 Å². The van der Waals surface area contributed by atoms with E-state index in [1.165, 1.54) is 36.1 Å². The third-order valence-corrected chi connectivity index (χ3v) is 7.61. The van der Waals surface area contributed by atoms with Gasteiger partial charge in [-0.25, -0.2) is 0 Å². The Bertz CT molecular complexity index is 910. The largest absolute Gasteiger partial charge is 0.337 e. The minimum Gasteiger partial charge on any atom is -0.337 e. The topological polar surface area (TPSA) is 53.4 Å². The Morgan fingerprint density at radius 3 is 2.50 bits per heavy atom. The van der Waals surface area contributed by atoms with Crippen LogP contribution in [0.4, 0.5) is 0 Å². The monoisotopic (exact) mass is 435 g/mol. The summed E-state index contributed by atoms with van der Waals surface area (Å²) in [4.78, 5) is 17.8. The predicted octanol–water partition coefficient (Wildman–Crippen LogP) is 3.16. The molecule has 3 heterocycles. The van der Waals surface area contributed by atoms with Gasteiger partial charge in [0.25, 0.3) is 5.91 Å². The van der Waals surface area contributed by atoms with Crippen LogP contribution >= 0.6 is 0 Å². The number of benzene rings is 1. The lowest BCUT2D eigenvalue weighted by molar-refractivity contribution is 0.0716. The van der Waals surface area contributed by atoms with Crippen molar-refractivity contribution in [2.75, 3.05) is 26.2 Å². The second-order valence-electron chi connectivity index (χ2n) is 9.89. The van der Waals surface area contributed by atoms with Crippen molar-refractivity contribution in [3.05, 3.63) is 52.8 Å². The average Bonchev–Trinajstić information content (AvgIpc) is 3.17. The van der Waals surface area contributed by atoms with Crippen LogP contribution < -0.4 is 5.32 Å². The first-order valence-corrected chi connectivity index (χ1v) is 12.5. The maximum atomic E-state index is 13.2. The molecule has 32 heavy (non-hydrogen) atoms. The summed E-state index contributed by atoms with van der Waals surface area (Å²) in [7, 11) is 2.00. The summed E-state index contributed by atoms with van der Waals surface area (Å²) in [5, 5.41) is 8.64. The molecule has 2 aliphatic heterocycles. The number of hydrogen-bond acceptors (Lipinski definition) is 4. The zero-order valence-electron chi connectivity index (χ0n) is 19.4. The smallest absolute Gasteiger partial charge is 0.274 e. The predicted molar refractivity (Wildman–Crippen MR) is 127 cm³/mol. The van der Waals surface area contributed by atoms with Crippen LogP contribution in [0, 0.1) is 0 Å². The van der Waals surface area contributed by atoms with Gasteiger partial charge in [-0.1, -0.05) is 30.3 Å². The normalized spacial score (nSPS) is 22.7. The molecule has 2 saturated heterocycles. The molecule has 0 bridgehead atoms. The van der Waals surface area contributed by atoms with E-state index in [4.69, 9.17) is 0 Å². The average molecular weight is 436 g/mol. The highest BCUT2D eigenvalue weighted by Crippen LogP contribution is 2.27. The summed E-state index contributed by atoms with van der Waals surface area (Å²) in [6, 6.07) is 11.8. The Labute approximate surface area is 192 Å². The minimum absolute atomic E-state index is 0.149. The van der Waals surface area contributed by atoms with Gasteiger partial charge in [-0.15, -0.1) is 0 Å². The van der Waals surface area contributed by atoms with Crippen LogP contribution in [-0.4, -0.2) is 63.8 Å². The Balaban J connectivity index is 1.17. The molecule has 1 aliphatic carbocycles. The number of nitrogens with zero attached hydrogens (tertiary/aromatic N) is 4. The first-order valence-electron chi connectivity index (χ1n) is 12.5. The maximum Gasteiger partial charge on any atom is 0.274 e. The van der Waals surface area contributed by atoms with E-state index in [-0.39, 0.29) is 5.91 Å². The highest BCUT2D eigenvalue weighted by atomic mass is 16.2. The molecule has 0 unspecified atom stereocenters. The fraction of sp³-hybridized carbons (Fsp3) is 0.615. The van der Waals surface area contributed by atoms with Gasteiger partial charge in [-0.3, -0.25) is 14.4 Å². The summed E-state index contributed by atoms with van der Waals surface area (Å²) in [5.74, 6) is 0.149. The number of nitrogens with one attached hydrogen (secondary N) is 1. The van der Waals surface area contributed by atoms with Gasteiger partial charge in [0.1, 0.15) is 0 Å². The summed E-state index contributed by atoms with van der Waals surface area (Å²) in [6.07, 6.45) is 8.95. The lowest BCUT2D eigenvalue weighted by Crippen LogP contribution is -2.47. The Hall–Kier alpha value is -2.18. The van der Waals surface area contributed by atoms with Gasteiger partial charge in [0.05, 0.1) is 0 Å². The van der Waals surface area contributed by atoms with E-state index in [0.717, 1.165) is 64.8 Å². The van der Waals surface area contributed by atoms with Crippen LogP contribution in [0.5, 0.6) is 0 Å². The number of rotatable bonds is 5. The second-order valence-corrected chi connectivity index (χ2v) is 9.89. The van der Waals surface area contributed by atoms with Crippen LogP contribution in [0.15, 0.2) is 30.3 Å². The van der Waals surface area contributed by atoms with Gasteiger partial charge in [-0.05, 0) is 70.0 Å². The van der Waals surface area contributed by atoms with Crippen molar-refractivity contribution in [3.63, 3.8) is 0 Å². The number of likely N-dealkylation sites (tertiary alicyclic amines) is 2. The summed E-state index contributed by atoms with van der Waals surface area (Å²) < 4.78 is 1.96. The van der Waals surface area contributed by atoms with Crippen molar-refractivity contribution in [1.82, 2.24) is 24.9 Å². The first-order chi connectivity index (χ1) is 15.7. The van der Waals surface area contributed by atoms with E-state index in [9.17, 15) is 4.79 Å². The minimum atomic E-state index is 0.149. The molecule has 0 spiro atoms. The summed E-state index contributed by atoms with van der Waals surface area (Å²) >= 11 is 0. The van der Waals surface area contributed by atoms with Gasteiger partial charge < -0.3 is 10.2 Å². The van der Waals surface area contributed by atoms with Gasteiger partial charge in [0, 0.05) is 50.0 Å². The third-order valence-electron chi connectivity index (χ3n) is 7.61. The lowest BCUT2D eigenvalue weighted by Gasteiger charge is -2.35. The van der Waals surface area contributed by atoms with Gasteiger partial charge >= 0.3 is 0 Å². The second kappa shape index (κ2) is 9.75. The quantitative estimate of drug-likeness (QED) is 0.784. The maximum absolute atomic E-state index is 13.2. The Kier molecular flexibility index (Phi) is 6.60. The Morgan fingerprint density at radius 1 is 1.00 bits per heavy atom. The molecule has 2 fully saturated rings. The van der Waals surface area contributed by atoms with Crippen molar-refractivity contribution in [2.45, 2.75) is 70.0 Å². The Morgan fingerprint density at radius 2 is 1.75 bits per heavy atom. The molecular weight excluding hydrogens is 398 g/mol. The van der Waals surface area contributed by atoms with Crippen LogP contribution in [0.1, 0.15) is 65.8 Å². The number of piperidine rings is 2. The molecular formula is C26H37N5O. The molecule has 1 atom stereocenters. The molecule has 1 amide bonds. The van der Waals surface area contributed by atoms with Crippen molar-refractivity contribution in [1.29, 1.82) is 0 Å². The van der Waals surface area contributed by atoms with Gasteiger partial charge in [-0.2, -0.15) is 5.10 Å². The number of aryl methyl sites for hydroxylation is 1. The number of amides is 1. The van der Waals surface area contributed by atoms with E-state index < -0.39 is 0 Å². The number of hydrogen-bond donors (Lipinski definition) is 1. The first kappa shape index (κ1) is 21.7. The number of carbonyl (C=O) groups excluding carboxylic acids is 1. The molecule has 1 aromatic heterocycles. The molecule has 1 N–H and O–H groups in total. The zero-order chi connectivity index (χ0) is 21.9.